The zero-order valence-corrected chi connectivity index (χ0v) is 15.9. The summed E-state index contributed by atoms with van der Waals surface area (Å²) in [5.41, 5.74) is 2.79. The number of cyclic esters (lactones) is 1. The fraction of sp³-hybridized carbons (Fsp3) is 0.167. The van der Waals surface area contributed by atoms with Gasteiger partial charge < -0.3 is 9.47 Å². The van der Waals surface area contributed by atoms with Crippen molar-refractivity contribution in [3.63, 3.8) is 0 Å². The van der Waals surface area contributed by atoms with Crippen molar-refractivity contribution >= 4 is 12.0 Å². The lowest BCUT2D eigenvalue weighted by Crippen LogP contribution is -2.35. The van der Waals surface area contributed by atoms with Gasteiger partial charge in [-0.25, -0.2) is 9.69 Å². The van der Waals surface area contributed by atoms with E-state index in [-0.39, 0.29) is 25.0 Å². The van der Waals surface area contributed by atoms with Crippen molar-refractivity contribution in [1.29, 1.82) is 0 Å². The molecule has 1 saturated heterocycles. The van der Waals surface area contributed by atoms with Crippen molar-refractivity contribution in [3.8, 4) is 5.75 Å². The highest BCUT2D eigenvalue weighted by Gasteiger charge is 2.38. The first-order chi connectivity index (χ1) is 14.2. The van der Waals surface area contributed by atoms with Gasteiger partial charge in [-0.3, -0.25) is 4.79 Å². The summed E-state index contributed by atoms with van der Waals surface area (Å²) in [5.74, 6) is 0.451. The molecule has 1 aliphatic heterocycles. The normalized spacial score (nSPS) is 15.8. The van der Waals surface area contributed by atoms with Crippen LogP contribution in [0.4, 0.5) is 4.79 Å². The van der Waals surface area contributed by atoms with Crippen molar-refractivity contribution in [2.45, 2.75) is 19.1 Å². The highest BCUT2D eigenvalue weighted by Crippen LogP contribution is 2.28. The lowest BCUT2D eigenvalue weighted by Gasteiger charge is -2.20. The molecule has 0 bridgehead atoms. The number of hydrogen-bond donors (Lipinski definition) is 0. The Morgan fingerprint density at radius 3 is 2.24 bits per heavy atom. The van der Waals surface area contributed by atoms with Gasteiger partial charge in [0, 0.05) is 0 Å². The van der Waals surface area contributed by atoms with E-state index in [1.165, 1.54) is 4.90 Å². The molecular weight excluding hydrogens is 366 g/mol. The predicted octanol–water partition coefficient (Wildman–Crippen LogP) is 4.53. The molecule has 0 spiro atoms. The number of imide groups is 1. The molecule has 146 valence electrons. The maximum atomic E-state index is 12.8. The molecule has 0 radical (unpaired) electrons. The fourth-order valence-corrected chi connectivity index (χ4v) is 3.32. The standard InChI is InChI=1S/C24H21NO4/c26-23(25-22(17-29-24(25)27)20-9-5-2-6-10-20)15-18-11-13-21(14-12-18)28-16-19-7-3-1-4-8-19/h1-14,22H,15-17H2/t22-/m0/s1. The Balaban J connectivity index is 1.39. The number of carbonyl (C=O) groups is 2. The van der Waals surface area contributed by atoms with Gasteiger partial charge in [-0.15, -0.1) is 0 Å². The zero-order valence-electron chi connectivity index (χ0n) is 15.9. The molecule has 29 heavy (non-hydrogen) atoms. The SMILES string of the molecule is O=C(Cc1ccc(OCc2ccccc2)cc1)N1C(=O)OC[C@H]1c1ccccc1. The molecule has 1 atom stereocenters. The van der Waals surface area contributed by atoms with Crippen molar-refractivity contribution in [1.82, 2.24) is 4.90 Å². The number of ether oxygens (including phenoxy) is 2. The minimum Gasteiger partial charge on any atom is -0.489 e. The number of carbonyl (C=O) groups excluding carboxylic acids is 2. The van der Waals surface area contributed by atoms with Crippen LogP contribution in [0.25, 0.3) is 0 Å². The van der Waals surface area contributed by atoms with Gasteiger partial charge in [-0.2, -0.15) is 0 Å². The average molecular weight is 387 g/mol. The minimum atomic E-state index is -0.591. The van der Waals surface area contributed by atoms with Gasteiger partial charge in [0.2, 0.25) is 5.91 Å². The van der Waals surface area contributed by atoms with Crippen LogP contribution in [-0.4, -0.2) is 23.5 Å². The molecular formula is C24H21NO4. The Hall–Kier alpha value is -3.60. The van der Waals surface area contributed by atoms with Crippen LogP contribution in [0, 0.1) is 0 Å². The number of amides is 2. The largest absolute Gasteiger partial charge is 0.489 e. The topological polar surface area (TPSA) is 55.8 Å². The van der Waals surface area contributed by atoms with Crippen LogP contribution >= 0.6 is 0 Å². The van der Waals surface area contributed by atoms with Crippen LogP contribution in [-0.2, 0) is 22.6 Å². The van der Waals surface area contributed by atoms with E-state index in [0.717, 1.165) is 22.4 Å². The second kappa shape index (κ2) is 8.61. The smallest absolute Gasteiger partial charge is 0.417 e. The van der Waals surface area contributed by atoms with E-state index in [9.17, 15) is 9.59 Å². The molecule has 5 heteroatoms. The Morgan fingerprint density at radius 1 is 0.897 bits per heavy atom. The summed E-state index contributed by atoms with van der Waals surface area (Å²) < 4.78 is 10.9. The van der Waals surface area contributed by atoms with Crippen LogP contribution in [0.5, 0.6) is 5.75 Å². The molecule has 0 N–H and O–H groups in total. The summed E-state index contributed by atoms with van der Waals surface area (Å²) in [4.78, 5) is 26.1. The lowest BCUT2D eigenvalue weighted by atomic mass is 10.1. The lowest BCUT2D eigenvalue weighted by molar-refractivity contribution is -0.128. The predicted molar refractivity (Wildman–Crippen MR) is 108 cm³/mol. The van der Waals surface area contributed by atoms with E-state index in [4.69, 9.17) is 9.47 Å². The fourth-order valence-electron chi connectivity index (χ4n) is 3.32. The molecule has 1 aliphatic rings. The van der Waals surface area contributed by atoms with E-state index in [1.807, 2.05) is 84.9 Å². The Bertz CT molecular complexity index is 971. The maximum absolute atomic E-state index is 12.8. The molecule has 2 amide bonds. The van der Waals surface area contributed by atoms with Crippen molar-refractivity contribution < 1.29 is 19.1 Å². The summed E-state index contributed by atoms with van der Waals surface area (Å²) >= 11 is 0. The van der Waals surface area contributed by atoms with Crippen LogP contribution in [0.2, 0.25) is 0 Å². The first kappa shape index (κ1) is 18.7. The molecule has 1 heterocycles. The molecule has 3 aromatic carbocycles. The molecule has 1 fully saturated rings. The van der Waals surface area contributed by atoms with Crippen molar-refractivity contribution in [2.24, 2.45) is 0 Å². The first-order valence-electron chi connectivity index (χ1n) is 9.50. The number of benzene rings is 3. The molecule has 5 nitrogen and oxygen atoms in total. The van der Waals surface area contributed by atoms with Crippen LogP contribution < -0.4 is 4.74 Å². The van der Waals surface area contributed by atoms with Crippen molar-refractivity contribution in [3.05, 3.63) is 102 Å². The van der Waals surface area contributed by atoms with Crippen LogP contribution in [0.3, 0.4) is 0 Å². The van der Waals surface area contributed by atoms with Gasteiger partial charge in [0.15, 0.2) is 0 Å². The Kier molecular flexibility index (Phi) is 5.56. The molecule has 3 aromatic rings. The average Bonchev–Trinajstić information content (AvgIpc) is 3.16. The highest BCUT2D eigenvalue weighted by molar-refractivity contribution is 5.94. The van der Waals surface area contributed by atoms with Crippen LogP contribution in [0.15, 0.2) is 84.9 Å². The van der Waals surface area contributed by atoms with Gasteiger partial charge in [-0.1, -0.05) is 72.8 Å². The van der Waals surface area contributed by atoms with E-state index in [2.05, 4.69) is 0 Å². The number of nitrogens with zero attached hydrogens (tertiary/aromatic N) is 1. The minimum absolute atomic E-state index is 0.122. The van der Waals surface area contributed by atoms with E-state index >= 15 is 0 Å². The third-order valence-electron chi connectivity index (χ3n) is 4.85. The summed E-state index contributed by atoms with van der Waals surface area (Å²) in [6.07, 6.45) is -0.469. The second-order valence-corrected chi connectivity index (χ2v) is 6.86. The summed E-state index contributed by atoms with van der Waals surface area (Å²) in [5, 5.41) is 0. The molecule has 0 unspecified atom stereocenters. The van der Waals surface area contributed by atoms with Crippen LogP contribution in [0.1, 0.15) is 22.7 Å². The zero-order chi connectivity index (χ0) is 20.1. The van der Waals surface area contributed by atoms with E-state index in [0.29, 0.717) is 6.61 Å². The second-order valence-electron chi connectivity index (χ2n) is 6.86. The molecule has 0 aliphatic carbocycles. The number of rotatable bonds is 6. The van der Waals surface area contributed by atoms with Gasteiger partial charge in [0.25, 0.3) is 0 Å². The monoisotopic (exact) mass is 387 g/mol. The molecule has 0 saturated carbocycles. The van der Waals surface area contributed by atoms with Gasteiger partial charge in [0.05, 0.1) is 6.42 Å². The first-order valence-corrected chi connectivity index (χ1v) is 9.50. The third kappa shape index (κ3) is 4.46. The van der Waals surface area contributed by atoms with Gasteiger partial charge in [-0.05, 0) is 28.8 Å². The van der Waals surface area contributed by atoms with E-state index in [1.54, 1.807) is 0 Å². The van der Waals surface area contributed by atoms with Gasteiger partial charge in [0.1, 0.15) is 25.0 Å². The van der Waals surface area contributed by atoms with Crippen molar-refractivity contribution in [2.75, 3.05) is 6.61 Å². The quantitative estimate of drug-likeness (QED) is 0.624. The summed E-state index contributed by atoms with van der Waals surface area (Å²) in [6, 6.07) is 26.4. The third-order valence-corrected chi connectivity index (χ3v) is 4.85. The summed E-state index contributed by atoms with van der Waals surface area (Å²) in [7, 11) is 0. The van der Waals surface area contributed by atoms with Gasteiger partial charge >= 0.3 is 6.09 Å². The molecule has 4 rings (SSSR count). The summed E-state index contributed by atoms with van der Waals surface area (Å²) in [6.45, 7) is 0.665. The maximum Gasteiger partial charge on any atom is 0.417 e. The number of hydrogen-bond acceptors (Lipinski definition) is 4. The highest BCUT2D eigenvalue weighted by atomic mass is 16.6. The Labute approximate surface area is 169 Å². The Morgan fingerprint density at radius 2 is 1.55 bits per heavy atom. The van der Waals surface area contributed by atoms with E-state index < -0.39 is 6.09 Å². The molecule has 0 aromatic heterocycles.